The molecule has 0 aliphatic carbocycles. The molecule has 6 nitrogen and oxygen atoms in total. The van der Waals surface area contributed by atoms with Crippen molar-refractivity contribution in [3.8, 4) is 0 Å². The molecule has 3 N–H and O–H groups in total. The lowest BCUT2D eigenvalue weighted by Crippen LogP contribution is -2.49. The third-order valence-electron chi connectivity index (χ3n) is 3.05. The number of anilines is 2. The van der Waals surface area contributed by atoms with E-state index in [2.05, 4.69) is 10.3 Å². The summed E-state index contributed by atoms with van der Waals surface area (Å²) in [6, 6.07) is 6.91. The first-order valence-electron chi connectivity index (χ1n) is 5.90. The van der Waals surface area contributed by atoms with E-state index in [1.54, 1.807) is 6.20 Å². The number of fused-ring (bicyclic) bond motifs is 1. The van der Waals surface area contributed by atoms with Gasteiger partial charge >= 0.3 is 6.03 Å². The van der Waals surface area contributed by atoms with Crippen molar-refractivity contribution in [2.75, 3.05) is 17.2 Å². The number of nitrogen functional groups attached to an aromatic ring is 1. The van der Waals surface area contributed by atoms with E-state index in [9.17, 15) is 9.59 Å². The van der Waals surface area contributed by atoms with Crippen LogP contribution in [0, 0.1) is 0 Å². The molecule has 0 bridgehead atoms. The molecule has 3 amide bonds. The maximum absolute atomic E-state index is 11.7. The largest absolute Gasteiger partial charge is 0.397 e. The average Bonchev–Trinajstić information content (AvgIpc) is 2.38. The van der Waals surface area contributed by atoms with Gasteiger partial charge in [-0.1, -0.05) is 6.07 Å². The van der Waals surface area contributed by atoms with E-state index in [1.807, 2.05) is 24.3 Å². The number of imide groups is 1. The van der Waals surface area contributed by atoms with E-state index in [1.165, 1.54) is 4.90 Å². The molecule has 3 rings (SSSR count). The van der Waals surface area contributed by atoms with Gasteiger partial charge in [-0.3, -0.25) is 20.0 Å². The summed E-state index contributed by atoms with van der Waals surface area (Å²) in [5.41, 5.74) is 7.74. The van der Waals surface area contributed by atoms with Gasteiger partial charge in [0.1, 0.15) is 0 Å². The topological polar surface area (TPSA) is 88.3 Å². The Morgan fingerprint density at radius 2 is 2.11 bits per heavy atom. The van der Waals surface area contributed by atoms with Crippen molar-refractivity contribution in [2.24, 2.45) is 0 Å². The Hall–Kier alpha value is -2.63. The lowest BCUT2D eigenvalue weighted by molar-refractivity contribution is -0.120. The number of aromatic nitrogens is 1. The lowest BCUT2D eigenvalue weighted by atomic mass is 10.1. The molecule has 2 aromatic rings. The van der Waals surface area contributed by atoms with Crippen LogP contribution in [0.5, 0.6) is 0 Å². The van der Waals surface area contributed by atoms with Gasteiger partial charge in [0.25, 0.3) is 0 Å². The molecule has 1 aromatic carbocycles. The monoisotopic (exact) mass is 256 g/mol. The Morgan fingerprint density at radius 1 is 1.26 bits per heavy atom. The average molecular weight is 256 g/mol. The highest BCUT2D eigenvalue weighted by Gasteiger charge is 2.24. The van der Waals surface area contributed by atoms with E-state index in [0.717, 1.165) is 16.6 Å². The van der Waals surface area contributed by atoms with Gasteiger partial charge in [0, 0.05) is 24.0 Å². The van der Waals surface area contributed by atoms with Crippen LogP contribution in [0.15, 0.2) is 30.5 Å². The fourth-order valence-corrected chi connectivity index (χ4v) is 2.11. The highest BCUT2D eigenvalue weighted by Crippen LogP contribution is 2.23. The molecule has 2 heterocycles. The normalized spacial score (nSPS) is 15.7. The van der Waals surface area contributed by atoms with Gasteiger partial charge in [-0.25, -0.2) is 4.79 Å². The number of benzene rings is 1. The number of nitrogens with zero attached hydrogens (tertiary/aromatic N) is 2. The lowest BCUT2D eigenvalue weighted by Gasteiger charge is -2.26. The van der Waals surface area contributed by atoms with Gasteiger partial charge in [0.2, 0.25) is 5.91 Å². The number of rotatable bonds is 1. The summed E-state index contributed by atoms with van der Waals surface area (Å²) in [5.74, 6) is -0.243. The van der Waals surface area contributed by atoms with Gasteiger partial charge in [-0.05, 0) is 18.2 Å². The van der Waals surface area contributed by atoms with Crippen molar-refractivity contribution in [2.45, 2.75) is 6.42 Å². The second-order valence-corrected chi connectivity index (χ2v) is 4.40. The molecule has 0 spiro atoms. The highest BCUT2D eigenvalue weighted by atomic mass is 16.2. The maximum Gasteiger partial charge on any atom is 0.328 e. The summed E-state index contributed by atoms with van der Waals surface area (Å²) in [6.07, 6.45) is 1.88. The van der Waals surface area contributed by atoms with Crippen LogP contribution in [0.1, 0.15) is 6.42 Å². The molecular formula is C13H12N4O2. The summed E-state index contributed by atoms with van der Waals surface area (Å²) in [7, 11) is 0. The second kappa shape index (κ2) is 4.24. The molecule has 1 aromatic heterocycles. The minimum atomic E-state index is -0.397. The zero-order valence-corrected chi connectivity index (χ0v) is 10.1. The number of nitrogens with one attached hydrogen (secondary N) is 1. The Kier molecular flexibility index (Phi) is 2.56. The number of carbonyl (C=O) groups excluding carboxylic acids is 2. The van der Waals surface area contributed by atoms with Crippen LogP contribution < -0.4 is 16.0 Å². The predicted octanol–water partition coefficient (Wildman–Crippen LogP) is 1.26. The Balaban J connectivity index is 1.99. The number of hydrogen-bond acceptors (Lipinski definition) is 4. The predicted molar refractivity (Wildman–Crippen MR) is 71.7 cm³/mol. The summed E-state index contributed by atoms with van der Waals surface area (Å²) in [6.45, 7) is 0.380. The van der Waals surface area contributed by atoms with Gasteiger partial charge in [0.15, 0.2) is 0 Å². The number of carbonyl (C=O) groups is 2. The first-order chi connectivity index (χ1) is 9.13. The molecule has 6 heteroatoms. The molecule has 1 aliphatic heterocycles. The number of hydrogen-bond donors (Lipinski definition) is 2. The van der Waals surface area contributed by atoms with Gasteiger partial charge in [0.05, 0.1) is 17.4 Å². The van der Waals surface area contributed by atoms with Crippen LogP contribution in [-0.2, 0) is 4.79 Å². The van der Waals surface area contributed by atoms with Crippen molar-refractivity contribution in [1.29, 1.82) is 0 Å². The van der Waals surface area contributed by atoms with E-state index in [-0.39, 0.29) is 5.91 Å². The number of nitrogens with two attached hydrogens (primary N) is 1. The molecular weight excluding hydrogens is 244 g/mol. The van der Waals surface area contributed by atoms with Crippen LogP contribution >= 0.6 is 0 Å². The van der Waals surface area contributed by atoms with E-state index in [0.29, 0.717) is 18.7 Å². The summed E-state index contributed by atoms with van der Waals surface area (Å²) in [5, 5.41) is 3.21. The van der Waals surface area contributed by atoms with Crippen LogP contribution in [0.4, 0.5) is 16.2 Å². The zero-order valence-electron chi connectivity index (χ0n) is 10.1. The Morgan fingerprint density at radius 3 is 2.89 bits per heavy atom. The fourth-order valence-electron chi connectivity index (χ4n) is 2.11. The van der Waals surface area contributed by atoms with E-state index < -0.39 is 6.03 Å². The minimum absolute atomic E-state index is 0.243. The van der Waals surface area contributed by atoms with Crippen LogP contribution in [0.2, 0.25) is 0 Å². The quantitative estimate of drug-likeness (QED) is 0.804. The smallest absolute Gasteiger partial charge is 0.328 e. The van der Waals surface area contributed by atoms with Crippen LogP contribution in [-0.4, -0.2) is 23.5 Å². The van der Waals surface area contributed by atoms with E-state index >= 15 is 0 Å². The summed E-state index contributed by atoms with van der Waals surface area (Å²) in [4.78, 5) is 28.6. The van der Waals surface area contributed by atoms with Gasteiger partial charge in [-0.15, -0.1) is 0 Å². The van der Waals surface area contributed by atoms with Crippen LogP contribution in [0.3, 0.4) is 0 Å². The second-order valence-electron chi connectivity index (χ2n) is 4.40. The minimum Gasteiger partial charge on any atom is -0.397 e. The molecule has 0 radical (unpaired) electrons. The standard InChI is InChI=1S/C13H12N4O2/c14-9-5-8-1-2-10(6-11(8)15-7-9)17-4-3-12(18)16-13(17)19/h1-2,5-7H,3-4,14H2,(H,16,18,19). The molecule has 0 unspecified atom stereocenters. The molecule has 0 atom stereocenters. The summed E-state index contributed by atoms with van der Waals surface area (Å²) >= 11 is 0. The van der Waals surface area contributed by atoms with Gasteiger partial charge < -0.3 is 5.73 Å². The van der Waals surface area contributed by atoms with Gasteiger partial charge in [-0.2, -0.15) is 0 Å². The van der Waals surface area contributed by atoms with Crippen molar-refractivity contribution >= 4 is 34.2 Å². The summed E-state index contributed by atoms with van der Waals surface area (Å²) < 4.78 is 0. The molecule has 1 fully saturated rings. The van der Waals surface area contributed by atoms with Crippen molar-refractivity contribution < 1.29 is 9.59 Å². The van der Waals surface area contributed by atoms with Crippen molar-refractivity contribution in [1.82, 2.24) is 10.3 Å². The van der Waals surface area contributed by atoms with Crippen molar-refractivity contribution in [3.05, 3.63) is 30.5 Å². The Bertz CT molecular complexity index is 683. The SMILES string of the molecule is Nc1cnc2cc(N3CCC(=O)NC3=O)ccc2c1. The molecule has 1 saturated heterocycles. The maximum atomic E-state index is 11.7. The van der Waals surface area contributed by atoms with E-state index in [4.69, 9.17) is 5.73 Å². The first-order valence-corrected chi connectivity index (χ1v) is 5.90. The third kappa shape index (κ3) is 2.08. The third-order valence-corrected chi connectivity index (χ3v) is 3.05. The molecule has 0 saturated carbocycles. The zero-order chi connectivity index (χ0) is 13.4. The molecule has 96 valence electrons. The van der Waals surface area contributed by atoms with Crippen LogP contribution in [0.25, 0.3) is 10.9 Å². The molecule has 19 heavy (non-hydrogen) atoms. The highest BCUT2D eigenvalue weighted by molar-refractivity contribution is 6.06. The fraction of sp³-hybridized carbons (Fsp3) is 0.154. The number of urea groups is 1. The molecule has 1 aliphatic rings. The first kappa shape index (κ1) is 11.5. The number of amides is 3. The van der Waals surface area contributed by atoms with Crippen molar-refractivity contribution in [3.63, 3.8) is 0 Å². The number of pyridine rings is 1. The Labute approximate surface area is 109 Å².